The molecule has 3 N–H and O–H groups in total. The van der Waals surface area contributed by atoms with Gasteiger partial charge in [0.2, 0.25) is 11.6 Å². The van der Waals surface area contributed by atoms with Gasteiger partial charge in [-0.15, -0.1) is 0 Å². The summed E-state index contributed by atoms with van der Waals surface area (Å²) in [6.07, 6.45) is 0. The monoisotopic (exact) mass is 208 g/mol. The van der Waals surface area contributed by atoms with E-state index in [2.05, 4.69) is 0 Å². The molecule has 0 radical (unpaired) electrons. The van der Waals surface area contributed by atoms with Gasteiger partial charge >= 0.3 is 5.97 Å². The van der Waals surface area contributed by atoms with Gasteiger partial charge in [0.25, 0.3) is 0 Å². The summed E-state index contributed by atoms with van der Waals surface area (Å²) in [5, 5.41) is 25.5. The highest BCUT2D eigenvalue weighted by atomic mass is 19.2. The number of carboxylic acid groups (broad SMARTS) is 1. The van der Waals surface area contributed by atoms with Crippen LogP contribution >= 0.6 is 0 Å². The Kier molecular flexibility index (Phi) is 2.24. The van der Waals surface area contributed by atoms with E-state index in [9.17, 15) is 18.0 Å². The van der Waals surface area contributed by atoms with E-state index in [1.54, 1.807) is 0 Å². The molecule has 1 aromatic carbocycles. The average Bonchev–Trinajstić information content (AvgIpc) is 2.11. The van der Waals surface area contributed by atoms with Crippen LogP contribution in [0.2, 0.25) is 0 Å². The van der Waals surface area contributed by atoms with Gasteiger partial charge in [-0.05, 0) is 0 Å². The van der Waals surface area contributed by atoms with Crippen molar-refractivity contribution >= 4 is 5.97 Å². The third kappa shape index (κ3) is 1.22. The maximum absolute atomic E-state index is 12.7. The average molecular weight is 208 g/mol. The molecule has 1 rings (SSSR count). The summed E-state index contributed by atoms with van der Waals surface area (Å²) in [7, 11) is 0. The Hall–Kier alpha value is -1.92. The maximum Gasteiger partial charge on any atom is 0.342 e. The standard InChI is InChI=1S/C7H3F3O4/c8-2-1(7(13)14)5(11)4(10)6(12)3(2)9/h11-12H,(H,13,14). The molecular weight excluding hydrogens is 205 g/mol. The zero-order chi connectivity index (χ0) is 11.0. The van der Waals surface area contributed by atoms with E-state index in [1.807, 2.05) is 0 Å². The third-order valence-corrected chi connectivity index (χ3v) is 1.49. The van der Waals surface area contributed by atoms with Gasteiger partial charge in [0.05, 0.1) is 0 Å². The lowest BCUT2D eigenvalue weighted by Gasteiger charge is -2.05. The largest absolute Gasteiger partial charge is 0.504 e. The Morgan fingerprint density at radius 2 is 1.43 bits per heavy atom. The minimum atomic E-state index is -2.06. The van der Waals surface area contributed by atoms with Gasteiger partial charge in [-0.2, -0.15) is 8.78 Å². The fourth-order valence-electron chi connectivity index (χ4n) is 0.831. The third-order valence-electron chi connectivity index (χ3n) is 1.49. The number of rotatable bonds is 1. The van der Waals surface area contributed by atoms with Gasteiger partial charge in [-0.25, -0.2) is 9.18 Å². The summed E-state index contributed by atoms with van der Waals surface area (Å²) in [5.74, 6) is -11.4. The zero-order valence-electron chi connectivity index (χ0n) is 6.38. The molecule has 0 saturated carbocycles. The number of carbonyl (C=O) groups is 1. The number of phenols is 2. The number of benzene rings is 1. The molecule has 0 unspecified atom stereocenters. The van der Waals surface area contributed by atoms with E-state index in [-0.39, 0.29) is 0 Å². The van der Waals surface area contributed by atoms with Crippen LogP contribution in [-0.4, -0.2) is 21.3 Å². The quantitative estimate of drug-likeness (QED) is 0.606. The predicted molar refractivity (Wildman–Crippen MR) is 36.6 cm³/mol. The first-order valence-electron chi connectivity index (χ1n) is 3.19. The predicted octanol–water partition coefficient (Wildman–Crippen LogP) is 1.21. The Labute approximate surface area is 74.8 Å². The summed E-state index contributed by atoms with van der Waals surface area (Å²) >= 11 is 0. The first kappa shape index (κ1) is 10.2. The highest BCUT2D eigenvalue weighted by Crippen LogP contribution is 2.34. The van der Waals surface area contributed by atoms with E-state index >= 15 is 0 Å². The van der Waals surface area contributed by atoms with Gasteiger partial charge in [0.1, 0.15) is 5.56 Å². The minimum absolute atomic E-state index is 1.56. The van der Waals surface area contributed by atoms with E-state index < -0.39 is 40.5 Å². The van der Waals surface area contributed by atoms with Crippen molar-refractivity contribution in [1.29, 1.82) is 0 Å². The summed E-state index contributed by atoms with van der Waals surface area (Å²) in [4.78, 5) is 10.2. The molecular formula is C7H3F3O4. The van der Waals surface area contributed by atoms with Crippen LogP contribution < -0.4 is 0 Å². The van der Waals surface area contributed by atoms with Crippen molar-refractivity contribution in [3.8, 4) is 11.5 Å². The van der Waals surface area contributed by atoms with Gasteiger partial charge in [0.15, 0.2) is 17.3 Å². The molecule has 4 nitrogen and oxygen atoms in total. The molecule has 0 aliphatic carbocycles. The topological polar surface area (TPSA) is 77.8 Å². The van der Waals surface area contributed by atoms with Crippen LogP contribution in [0.5, 0.6) is 11.5 Å². The molecule has 0 aliphatic heterocycles. The Morgan fingerprint density at radius 1 is 0.929 bits per heavy atom. The fourth-order valence-corrected chi connectivity index (χ4v) is 0.831. The van der Waals surface area contributed by atoms with Crippen LogP contribution in [0.15, 0.2) is 0 Å². The number of aromatic hydroxyl groups is 2. The lowest BCUT2D eigenvalue weighted by molar-refractivity contribution is 0.0685. The molecule has 0 aliphatic rings. The molecule has 0 fully saturated rings. The first-order valence-corrected chi connectivity index (χ1v) is 3.19. The van der Waals surface area contributed by atoms with E-state index in [0.29, 0.717) is 0 Å². The lowest BCUT2D eigenvalue weighted by Crippen LogP contribution is -2.05. The molecule has 1 aromatic rings. The Bertz CT molecular complexity index is 387. The fraction of sp³-hybridized carbons (Fsp3) is 0. The number of aromatic carboxylic acids is 1. The molecule has 76 valence electrons. The molecule has 0 bridgehead atoms. The van der Waals surface area contributed by atoms with Crippen LogP contribution in [-0.2, 0) is 0 Å². The number of halogens is 3. The van der Waals surface area contributed by atoms with E-state index in [1.165, 1.54) is 0 Å². The van der Waals surface area contributed by atoms with Gasteiger partial charge in [0, 0.05) is 0 Å². The Balaban J connectivity index is 3.68. The van der Waals surface area contributed by atoms with Crippen molar-refractivity contribution in [1.82, 2.24) is 0 Å². The molecule has 14 heavy (non-hydrogen) atoms. The van der Waals surface area contributed by atoms with Gasteiger partial charge in [-0.1, -0.05) is 0 Å². The zero-order valence-corrected chi connectivity index (χ0v) is 6.38. The SMILES string of the molecule is O=C(O)c1c(O)c(F)c(O)c(F)c1F. The van der Waals surface area contributed by atoms with Crippen LogP contribution in [0, 0.1) is 17.5 Å². The van der Waals surface area contributed by atoms with Crippen molar-refractivity contribution in [3.05, 3.63) is 23.0 Å². The van der Waals surface area contributed by atoms with Crippen LogP contribution in [0.3, 0.4) is 0 Å². The summed E-state index contributed by atoms with van der Waals surface area (Å²) < 4.78 is 37.9. The number of carboxylic acids is 1. The minimum Gasteiger partial charge on any atom is -0.504 e. The molecule has 0 amide bonds. The molecule has 0 spiro atoms. The number of hydrogen-bond donors (Lipinski definition) is 3. The van der Waals surface area contributed by atoms with Crippen molar-refractivity contribution < 1.29 is 33.3 Å². The van der Waals surface area contributed by atoms with Crippen molar-refractivity contribution in [2.45, 2.75) is 0 Å². The van der Waals surface area contributed by atoms with Crippen molar-refractivity contribution in [3.63, 3.8) is 0 Å². The second kappa shape index (κ2) is 3.09. The summed E-state index contributed by atoms with van der Waals surface area (Å²) in [5.41, 5.74) is -1.56. The smallest absolute Gasteiger partial charge is 0.342 e. The number of phenolic OH excluding ortho intramolecular Hbond substituents is 1. The normalized spacial score (nSPS) is 10.2. The first-order chi connectivity index (χ1) is 6.37. The van der Waals surface area contributed by atoms with E-state index in [0.717, 1.165) is 0 Å². The molecule has 0 aromatic heterocycles. The van der Waals surface area contributed by atoms with E-state index in [4.69, 9.17) is 15.3 Å². The summed E-state index contributed by atoms with van der Waals surface area (Å²) in [6, 6.07) is 0. The molecule has 7 heteroatoms. The van der Waals surface area contributed by atoms with Crippen molar-refractivity contribution in [2.24, 2.45) is 0 Å². The van der Waals surface area contributed by atoms with Gasteiger partial charge in [-0.3, -0.25) is 0 Å². The summed E-state index contributed by atoms with van der Waals surface area (Å²) in [6.45, 7) is 0. The van der Waals surface area contributed by atoms with Crippen LogP contribution in [0.25, 0.3) is 0 Å². The highest BCUT2D eigenvalue weighted by molar-refractivity contribution is 5.91. The highest BCUT2D eigenvalue weighted by Gasteiger charge is 2.28. The van der Waals surface area contributed by atoms with Gasteiger partial charge < -0.3 is 15.3 Å². The molecule has 0 heterocycles. The van der Waals surface area contributed by atoms with Crippen LogP contribution in [0.1, 0.15) is 10.4 Å². The molecule has 0 atom stereocenters. The second-order valence-electron chi connectivity index (χ2n) is 2.32. The second-order valence-corrected chi connectivity index (χ2v) is 2.32. The maximum atomic E-state index is 12.7. The van der Waals surface area contributed by atoms with Crippen molar-refractivity contribution in [2.75, 3.05) is 0 Å². The Morgan fingerprint density at radius 3 is 1.86 bits per heavy atom. The molecule has 0 saturated heterocycles. The van der Waals surface area contributed by atoms with Crippen LogP contribution in [0.4, 0.5) is 13.2 Å². The lowest BCUT2D eigenvalue weighted by atomic mass is 10.1. The number of hydrogen-bond acceptors (Lipinski definition) is 3.